The fraction of sp³-hybridized carbons (Fsp3) is 0.0714. The Hall–Kier alpha value is -4.43. The number of allylic oxidation sites excluding steroid dienone is 2. The number of hydrogen-bond donors (Lipinski definition) is 2. The Kier molecular flexibility index (Phi) is 5.93. The summed E-state index contributed by atoms with van der Waals surface area (Å²) in [5.41, 5.74) is 9.70. The topological polar surface area (TPSA) is 83.0 Å². The molecule has 2 unspecified atom stereocenters. The van der Waals surface area contributed by atoms with Crippen LogP contribution in [0, 0.1) is 0 Å². The third-order valence-electron chi connectivity index (χ3n) is 6.02. The van der Waals surface area contributed by atoms with E-state index in [1.54, 1.807) is 16.7 Å². The van der Waals surface area contributed by atoms with Gasteiger partial charge in [-0.1, -0.05) is 97.1 Å². The molecule has 4 aromatic rings. The molecule has 0 bridgehead atoms. The molecule has 0 spiro atoms. The van der Waals surface area contributed by atoms with Crippen molar-refractivity contribution in [3.63, 3.8) is 0 Å². The average molecular weight is 491 g/mol. The first-order chi connectivity index (χ1) is 17.8. The van der Waals surface area contributed by atoms with Gasteiger partial charge >= 0.3 is 6.03 Å². The molecule has 2 atom stereocenters. The van der Waals surface area contributed by atoms with Crippen LogP contribution < -0.4 is 15.8 Å². The summed E-state index contributed by atoms with van der Waals surface area (Å²) in [5.74, 6) is 0.206. The van der Waals surface area contributed by atoms with Gasteiger partial charge in [0, 0.05) is 16.0 Å². The highest BCUT2D eigenvalue weighted by Crippen LogP contribution is 2.43. The molecule has 1 aromatic heterocycles. The van der Waals surface area contributed by atoms with Gasteiger partial charge in [0.05, 0.1) is 17.0 Å². The normalized spacial score (nSPS) is 17.7. The highest BCUT2D eigenvalue weighted by Gasteiger charge is 2.36. The van der Waals surface area contributed by atoms with Crippen LogP contribution in [0.2, 0.25) is 0 Å². The van der Waals surface area contributed by atoms with Gasteiger partial charge in [0.25, 0.3) is 5.95 Å². The minimum absolute atomic E-state index is 0.101. The predicted octanol–water partition coefficient (Wildman–Crippen LogP) is 5.72. The summed E-state index contributed by atoms with van der Waals surface area (Å²) in [6.45, 7) is 0. The van der Waals surface area contributed by atoms with Crippen molar-refractivity contribution in [1.82, 2.24) is 20.6 Å². The molecule has 0 saturated carbocycles. The monoisotopic (exact) mass is 490 g/mol. The number of nitrogens with one attached hydrogen (secondary N) is 2. The summed E-state index contributed by atoms with van der Waals surface area (Å²) in [5, 5.41) is 8.85. The van der Waals surface area contributed by atoms with Gasteiger partial charge in [0.15, 0.2) is 0 Å². The fourth-order valence-corrected chi connectivity index (χ4v) is 5.62. The zero-order valence-electron chi connectivity index (χ0n) is 19.2. The van der Waals surface area contributed by atoms with Gasteiger partial charge in [-0.25, -0.2) is 15.2 Å². The van der Waals surface area contributed by atoms with Crippen LogP contribution in [0.5, 0.6) is 0 Å². The summed E-state index contributed by atoms with van der Waals surface area (Å²) in [6.07, 6.45) is 8.17. The highest BCUT2D eigenvalue weighted by atomic mass is 32.2. The maximum absolute atomic E-state index is 13.4. The van der Waals surface area contributed by atoms with Gasteiger partial charge in [-0.3, -0.25) is 10.3 Å². The standard InChI is InChI=1S/C28H22N6OS/c35-28(34-21-15-7-9-17-23(21)36-24-18-10-8-16-22(24)34)33-32-27-29-25(19-11-3-1-4-12-19)26(30-31-27)20-13-5-2-6-14-20/h1-18,21,23H,(H,33,35)(H,29,31,32). The Bertz CT molecular complexity index is 1460. The van der Waals surface area contributed by atoms with Crippen LogP contribution in [0.15, 0.2) is 114 Å². The lowest BCUT2D eigenvalue weighted by Crippen LogP contribution is -2.53. The Morgan fingerprint density at radius 2 is 1.44 bits per heavy atom. The van der Waals surface area contributed by atoms with Gasteiger partial charge in [-0.2, -0.15) is 0 Å². The van der Waals surface area contributed by atoms with Crippen LogP contribution in [-0.4, -0.2) is 32.5 Å². The molecule has 2 amide bonds. The van der Waals surface area contributed by atoms with Crippen LogP contribution in [0.4, 0.5) is 16.4 Å². The van der Waals surface area contributed by atoms with Crippen LogP contribution in [0.1, 0.15) is 0 Å². The van der Waals surface area contributed by atoms with Gasteiger partial charge in [0.1, 0.15) is 11.4 Å². The molecule has 2 N–H and O–H groups in total. The van der Waals surface area contributed by atoms with Gasteiger partial charge in [-0.15, -0.1) is 22.0 Å². The molecule has 0 radical (unpaired) electrons. The van der Waals surface area contributed by atoms with E-state index >= 15 is 0 Å². The molecule has 176 valence electrons. The van der Waals surface area contributed by atoms with Crippen molar-refractivity contribution in [3.8, 4) is 22.5 Å². The molecule has 0 saturated heterocycles. The Morgan fingerprint density at radius 3 is 2.22 bits per heavy atom. The highest BCUT2D eigenvalue weighted by molar-refractivity contribution is 8.00. The van der Waals surface area contributed by atoms with Crippen molar-refractivity contribution >= 4 is 29.4 Å². The number of nitrogens with zero attached hydrogens (tertiary/aromatic N) is 4. The lowest BCUT2D eigenvalue weighted by molar-refractivity contribution is 0.246. The number of hydrogen-bond acceptors (Lipinski definition) is 6. The van der Waals surface area contributed by atoms with Crippen molar-refractivity contribution < 1.29 is 4.79 Å². The second-order valence-corrected chi connectivity index (χ2v) is 9.52. The van der Waals surface area contributed by atoms with E-state index in [1.807, 2.05) is 103 Å². The molecule has 1 aliphatic heterocycles. The number of anilines is 2. The van der Waals surface area contributed by atoms with Gasteiger partial charge in [-0.05, 0) is 12.1 Å². The van der Waals surface area contributed by atoms with Gasteiger partial charge in [0.2, 0.25) is 0 Å². The molecule has 2 aliphatic rings. The maximum Gasteiger partial charge on any atom is 0.341 e. The van der Waals surface area contributed by atoms with Gasteiger partial charge < -0.3 is 0 Å². The first-order valence-electron chi connectivity index (χ1n) is 11.6. The number of benzene rings is 3. The van der Waals surface area contributed by atoms with Crippen molar-refractivity contribution in [2.45, 2.75) is 16.2 Å². The number of para-hydroxylation sites is 1. The molecule has 2 heterocycles. The number of carbonyl (C=O) groups is 1. The largest absolute Gasteiger partial charge is 0.341 e. The van der Waals surface area contributed by atoms with E-state index < -0.39 is 0 Å². The molecule has 8 heteroatoms. The molecule has 3 aromatic carbocycles. The van der Waals surface area contributed by atoms with E-state index in [9.17, 15) is 4.79 Å². The van der Waals surface area contributed by atoms with Crippen molar-refractivity contribution in [3.05, 3.63) is 109 Å². The van der Waals surface area contributed by atoms with E-state index in [2.05, 4.69) is 27.1 Å². The fourth-order valence-electron chi connectivity index (χ4n) is 4.36. The molecular weight excluding hydrogens is 468 g/mol. The smallest absolute Gasteiger partial charge is 0.284 e. The summed E-state index contributed by atoms with van der Waals surface area (Å²) < 4.78 is 0. The quantitative estimate of drug-likeness (QED) is 0.356. The Balaban J connectivity index is 1.29. The number of fused-ring (bicyclic) bond motifs is 2. The van der Waals surface area contributed by atoms with E-state index in [4.69, 9.17) is 4.98 Å². The average Bonchev–Trinajstić information content (AvgIpc) is 2.95. The summed E-state index contributed by atoms with van der Waals surface area (Å²) in [4.78, 5) is 21.0. The van der Waals surface area contributed by atoms with Crippen molar-refractivity contribution in [2.24, 2.45) is 0 Å². The Labute approximate surface area is 213 Å². The lowest BCUT2D eigenvalue weighted by atomic mass is 10.0. The predicted molar refractivity (Wildman–Crippen MR) is 143 cm³/mol. The number of thioether (sulfide) groups is 1. The number of carbonyl (C=O) groups excluding carboxylic acids is 1. The second kappa shape index (κ2) is 9.67. The molecule has 7 nitrogen and oxygen atoms in total. The van der Waals surface area contributed by atoms with Crippen LogP contribution in [0.25, 0.3) is 22.5 Å². The number of urea groups is 1. The van der Waals surface area contributed by atoms with Crippen LogP contribution in [0.3, 0.4) is 0 Å². The zero-order chi connectivity index (χ0) is 24.3. The molecule has 1 aliphatic carbocycles. The summed E-state index contributed by atoms with van der Waals surface area (Å²) >= 11 is 1.76. The molecule has 6 rings (SSSR count). The van der Waals surface area contributed by atoms with E-state index in [0.717, 1.165) is 21.7 Å². The summed E-state index contributed by atoms with van der Waals surface area (Å²) in [6, 6.07) is 27.2. The molecular formula is C28H22N6OS. The minimum atomic E-state index is -0.297. The first-order valence-corrected chi connectivity index (χ1v) is 12.5. The van der Waals surface area contributed by atoms with E-state index in [-0.39, 0.29) is 23.3 Å². The number of aromatic nitrogens is 3. The number of rotatable bonds is 4. The maximum atomic E-state index is 13.4. The third kappa shape index (κ3) is 4.23. The summed E-state index contributed by atoms with van der Waals surface area (Å²) in [7, 11) is 0. The third-order valence-corrected chi connectivity index (χ3v) is 7.33. The van der Waals surface area contributed by atoms with Crippen LogP contribution >= 0.6 is 11.8 Å². The lowest BCUT2D eigenvalue weighted by Gasteiger charge is -2.40. The molecule has 36 heavy (non-hydrogen) atoms. The van der Waals surface area contributed by atoms with Crippen molar-refractivity contribution in [1.29, 1.82) is 0 Å². The van der Waals surface area contributed by atoms with E-state index in [1.165, 1.54) is 0 Å². The molecule has 0 fully saturated rings. The van der Waals surface area contributed by atoms with E-state index in [0.29, 0.717) is 11.4 Å². The van der Waals surface area contributed by atoms with Crippen LogP contribution in [-0.2, 0) is 0 Å². The van der Waals surface area contributed by atoms with Crippen molar-refractivity contribution in [2.75, 3.05) is 10.3 Å². The zero-order valence-corrected chi connectivity index (χ0v) is 20.0. The minimum Gasteiger partial charge on any atom is -0.284 e. The Morgan fingerprint density at radius 1 is 0.778 bits per heavy atom. The second-order valence-electron chi connectivity index (χ2n) is 8.30. The first kappa shape index (κ1) is 22.1. The SMILES string of the molecule is O=C(NNc1nnc(-c2ccccc2)c(-c2ccccc2)n1)N1c2ccccc2SC2C=CC=CC21. The number of hydrazine groups is 1. The number of amides is 2.